The number of hydrogen-bond acceptors (Lipinski definition) is 1. The van der Waals surface area contributed by atoms with Gasteiger partial charge in [-0.15, -0.1) is 0 Å². The van der Waals surface area contributed by atoms with Crippen LogP contribution < -0.4 is 4.40 Å². The molecule has 0 unspecified atom stereocenters. The standard InChI is InChI=1S/C12H16FNS/c1-9(14-15-12(2,3)4)10-7-5-6-8-11(10)13/h5-8H,1-4H3/p+1/b14-9+. The summed E-state index contributed by atoms with van der Waals surface area (Å²) in [5.41, 5.74) is 1.49. The lowest BCUT2D eigenvalue weighted by molar-refractivity contribution is -0.246. The summed E-state index contributed by atoms with van der Waals surface area (Å²) < 4.78 is 16.7. The van der Waals surface area contributed by atoms with Crippen LogP contribution in [0.5, 0.6) is 0 Å². The molecule has 1 nitrogen and oxygen atoms in total. The van der Waals surface area contributed by atoms with Crippen LogP contribution in [0.4, 0.5) is 4.39 Å². The first-order chi connectivity index (χ1) is 6.90. The van der Waals surface area contributed by atoms with Crippen LogP contribution >= 0.6 is 11.9 Å². The van der Waals surface area contributed by atoms with Crippen molar-refractivity contribution in [3.63, 3.8) is 0 Å². The summed E-state index contributed by atoms with van der Waals surface area (Å²) in [6.07, 6.45) is 0. The minimum atomic E-state index is -0.183. The molecule has 0 spiro atoms. The summed E-state index contributed by atoms with van der Waals surface area (Å²) in [6, 6.07) is 6.79. The third kappa shape index (κ3) is 4.04. The van der Waals surface area contributed by atoms with Crippen LogP contribution in [0.3, 0.4) is 0 Å². The number of benzene rings is 1. The minimum absolute atomic E-state index is 0.118. The summed E-state index contributed by atoms with van der Waals surface area (Å²) in [4.78, 5) is 0. The molecule has 15 heavy (non-hydrogen) atoms. The Morgan fingerprint density at radius 1 is 1.27 bits per heavy atom. The number of nitrogens with one attached hydrogen (secondary N) is 1. The highest BCUT2D eigenvalue weighted by atomic mass is 32.2. The van der Waals surface area contributed by atoms with Crippen molar-refractivity contribution in [2.24, 2.45) is 0 Å². The summed E-state index contributed by atoms with van der Waals surface area (Å²) >= 11 is 1.59. The maximum absolute atomic E-state index is 13.4. The quantitative estimate of drug-likeness (QED) is 0.603. The Morgan fingerprint density at radius 2 is 1.87 bits per heavy atom. The van der Waals surface area contributed by atoms with Crippen LogP contribution in [-0.2, 0) is 0 Å². The summed E-state index contributed by atoms with van der Waals surface area (Å²) in [5.74, 6) is -0.183. The maximum Gasteiger partial charge on any atom is 0.194 e. The molecular formula is C12H17FNS+. The van der Waals surface area contributed by atoms with Gasteiger partial charge in [-0.1, -0.05) is 12.1 Å². The smallest absolute Gasteiger partial charge is 0.194 e. The number of rotatable bonds is 2. The van der Waals surface area contributed by atoms with E-state index in [1.165, 1.54) is 6.07 Å². The van der Waals surface area contributed by atoms with E-state index in [0.29, 0.717) is 5.56 Å². The van der Waals surface area contributed by atoms with Crippen LogP contribution in [0, 0.1) is 5.82 Å². The molecule has 0 saturated carbocycles. The third-order valence-electron chi connectivity index (χ3n) is 1.79. The lowest BCUT2D eigenvalue weighted by atomic mass is 10.1. The van der Waals surface area contributed by atoms with E-state index in [4.69, 9.17) is 0 Å². The molecule has 0 atom stereocenters. The molecule has 0 radical (unpaired) electrons. The van der Waals surface area contributed by atoms with Gasteiger partial charge in [-0.05, 0) is 32.9 Å². The van der Waals surface area contributed by atoms with Crippen molar-refractivity contribution in [1.29, 1.82) is 0 Å². The molecule has 0 aromatic heterocycles. The number of hydrogen-bond donors (Lipinski definition) is 1. The van der Waals surface area contributed by atoms with Crippen molar-refractivity contribution in [2.45, 2.75) is 32.4 Å². The largest absolute Gasteiger partial charge is 0.206 e. The van der Waals surface area contributed by atoms with Gasteiger partial charge in [0, 0.05) is 6.92 Å². The third-order valence-corrected chi connectivity index (χ3v) is 2.81. The second kappa shape index (κ2) is 4.79. The Balaban J connectivity index is 2.85. The maximum atomic E-state index is 13.4. The van der Waals surface area contributed by atoms with Gasteiger partial charge in [-0.2, -0.15) is 4.40 Å². The van der Waals surface area contributed by atoms with Gasteiger partial charge in [0.1, 0.15) is 5.82 Å². The molecule has 0 amide bonds. The van der Waals surface area contributed by atoms with Gasteiger partial charge >= 0.3 is 0 Å². The molecule has 1 aromatic carbocycles. The molecule has 0 aliphatic heterocycles. The van der Waals surface area contributed by atoms with Crippen LogP contribution in [0.2, 0.25) is 0 Å². The van der Waals surface area contributed by atoms with E-state index >= 15 is 0 Å². The van der Waals surface area contributed by atoms with Crippen molar-refractivity contribution in [3.05, 3.63) is 35.6 Å². The fraction of sp³-hybridized carbons (Fsp3) is 0.417. The molecule has 82 valence electrons. The van der Waals surface area contributed by atoms with Gasteiger partial charge in [0.2, 0.25) is 0 Å². The SMILES string of the molecule is C/C(=[NH+]\SC(C)(C)C)c1ccccc1F. The van der Waals surface area contributed by atoms with Gasteiger partial charge in [-0.3, -0.25) is 0 Å². The predicted octanol–water partition coefficient (Wildman–Crippen LogP) is 2.16. The van der Waals surface area contributed by atoms with E-state index in [1.54, 1.807) is 24.1 Å². The molecular weight excluding hydrogens is 209 g/mol. The van der Waals surface area contributed by atoms with Crippen molar-refractivity contribution in [2.75, 3.05) is 0 Å². The second-order valence-electron chi connectivity index (χ2n) is 4.42. The van der Waals surface area contributed by atoms with E-state index in [0.717, 1.165) is 5.71 Å². The van der Waals surface area contributed by atoms with Crippen LogP contribution in [0.1, 0.15) is 33.3 Å². The van der Waals surface area contributed by atoms with Gasteiger partial charge in [0.25, 0.3) is 0 Å². The molecule has 3 heteroatoms. The van der Waals surface area contributed by atoms with Gasteiger partial charge < -0.3 is 0 Å². The normalized spacial score (nSPS) is 13.0. The summed E-state index contributed by atoms with van der Waals surface area (Å²) in [6.45, 7) is 8.22. The molecule has 0 saturated heterocycles. The number of halogens is 1. The minimum Gasteiger partial charge on any atom is -0.206 e. The highest BCUT2D eigenvalue weighted by Gasteiger charge is 2.17. The topological polar surface area (TPSA) is 14.0 Å². The molecule has 1 N–H and O–H groups in total. The van der Waals surface area contributed by atoms with Crippen LogP contribution in [-0.4, -0.2) is 10.5 Å². The van der Waals surface area contributed by atoms with Crippen molar-refractivity contribution < 1.29 is 8.79 Å². The first-order valence-corrected chi connectivity index (χ1v) is 5.74. The monoisotopic (exact) mass is 226 g/mol. The predicted molar refractivity (Wildman–Crippen MR) is 64.5 cm³/mol. The highest BCUT2D eigenvalue weighted by Crippen LogP contribution is 2.14. The Hall–Kier alpha value is -0.830. The molecule has 0 bridgehead atoms. The lowest BCUT2D eigenvalue weighted by Crippen LogP contribution is -2.66. The lowest BCUT2D eigenvalue weighted by Gasteiger charge is -2.07. The van der Waals surface area contributed by atoms with Crippen LogP contribution in [0.15, 0.2) is 24.3 Å². The van der Waals surface area contributed by atoms with E-state index in [1.807, 2.05) is 13.0 Å². The van der Waals surface area contributed by atoms with E-state index in [9.17, 15) is 4.39 Å². The zero-order chi connectivity index (χ0) is 11.5. The Bertz CT molecular complexity index is 366. The summed E-state index contributed by atoms with van der Waals surface area (Å²) in [5, 5.41) is 0. The Labute approximate surface area is 94.9 Å². The Kier molecular flexibility index (Phi) is 3.91. The fourth-order valence-electron chi connectivity index (χ4n) is 1.05. The zero-order valence-electron chi connectivity index (χ0n) is 9.60. The molecule has 1 aromatic rings. The first-order valence-electron chi connectivity index (χ1n) is 4.92. The zero-order valence-corrected chi connectivity index (χ0v) is 10.4. The fourth-order valence-corrected chi connectivity index (χ4v) is 1.62. The van der Waals surface area contributed by atoms with E-state index in [-0.39, 0.29) is 10.6 Å². The molecule has 0 fully saturated rings. The first kappa shape index (κ1) is 12.2. The average Bonchev–Trinajstić information content (AvgIpc) is 2.14. The van der Waals surface area contributed by atoms with Crippen molar-refractivity contribution >= 4 is 17.7 Å². The molecule has 0 aliphatic rings. The van der Waals surface area contributed by atoms with Crippen molar-refractivity contribution in [1.82, 2.24) is 0 Å². The van der Waals surface area contributed by atoms with Crippen molar-refractivity contribution in [3.8, 4) is 0 Å². The molecule has 1 rings (SSSR count). The van der Waals surface area contributed by atoms with Crippen LogP contribution in [0.25, 0.3) is 0 Å². The summed E-state index contributed by atoms with van der Waals surface area (Å²) in [7, 11) is 0. The Morgan fingerprint density at radius 3 is 2.40 bits per heavy atom. The van der Waals surface area contributed by atoms with Gasteiger partial charge in [-0.25, -0.2) is 4.39 Å². The molecule has 0 aliphatic carbocycles. The van der Waals surface area contributed by atoms with Gasteiger partial charge in [0.15, 0.2) is 17.7 Å². The van der Waals surface area contributed by atoms with Gasteiger partial charge in [0.05, 0.1) is 10.3 Å². The highest BCUT2D eigenvalue weighted by molar-refractivity contribution is 7.94. The average molecular weight is 226 g/mol. The second-order valence-corrected chi connectivity index (χ2v) is 6.05. The molecule has 0 heterocycles. The van der Waals surface area contributed by atoms with E-state index in [2.05, 4.69) is 25.2 Å². The van der Waals surface area contributed by atoms with E-state index < -0.39 is 0 Å².